The number of aromatic nitrogens is 1. The van der Waals surface area contributed by atoms with Gasteiger partial charge in [0.2, 0.25) is 0 Å². The number of hydrogen-bond acceptors (Lipinski definition) is 4. The summed E-state index contributed by atoms with van der Waals surface area (Å²) < 4.78 is 5.62. The second-order valence-electron chi connectivity index (χ2n) is 4.41. The fraction of sp³-hybridized carbons (Fsp3) is 0.333. The molecule has 0 unspecified atom stereocenters. The molecule has 0 fully saturated rings. The van der Waals surface area contributed by atoms with Crippen LogP contribution in [-0.4, -0.2) is 23.0 Å². The van der Waals surface area contributed by atoms with Crippen molar-refractivity contribution in [2.24, 2.45) is 0 Å². The molecule has 1 aromatic rings. The first-order chi connectivity index (χ1) is 7.95. The van der Waals surface area contributed by atoms with Crippen molar-refractivity contribution in [1.82, 2.24) is 4.98 Å². The highest BCUT2D eigenvalue weighted by atomic mass is 16.5. The van der Waals surface area contributed by atoms with Crippen molar-refractivity contribution < 1.29 is 9.53 Å². The predicted octanol–water partition coefficient (Wildman–Crippen LogP) is 1.35. The van der Waals surface area contributed by atoms with Crippen molar-refractivity contribution in [3.63, 3.8) is 0 Å². The van der Waals surface area contributed by atoms with Crippen LogP contribution in [0.4, 0.5) is 11.5 Å². The number of hydrogen-bond donors (Lipinski definition) is 1. The Bertz CT molecular complexity index is 483. The number of rotatable bonds is 2. The monoisotopic (exact) mass is 233 g/mol. The first-order valence-electron chi connectivity index (χ1n) is 5.33. The molecule has 2 rings (SSSR count). The molecule has 0 saturated carbocycles. The van der Waals surface area contributed by atoms with Gasteiger partial charge in [0.05, 0.1) is 11.9 Å². The van der Waals surface area contributed by atoms with Crippen molar-refractivity contribution in [3.05, 3.63) is 24.9 Å². The van der Waals surface area contributed by atoms with E-state index in [4.69, 9.17) is 10.5 Å². The second kappa shape index (κ2) is 3.76. The van der Waals surface area contributed by atoms with E-state index in [0.29, 0.717) is 23.8 Å². The van der Waals surface area contributed by atoms with Crippen LogP contribution in [0.2, 0.25) is 0 Å². The number of nitrogens with two attached hydrogens (primary N) is 1. The predicted molar refractivity (Wildman–Crippen MR) is 65.9 cm³/mol. The van der Waals surface area contributed by atoms with Crippen LogP contribution in [0, 0.1) is 0 Å². The van der Waals surface area contributed by atoms with Crippen LogP contribution in [0.15, 0.2) is 24.9 Å². The fourth-order valence-corrected chi connectivity index (χ4v) is 1.77. The Morgan fingerprint density at radius 2 is 2.35 bits per heavy atom. The average molecular weight is 233 g/mol. The Balaban J connectivity index is 2.53. The quantitative estimate of drug-likeness (QED) is 0.783. The van der Waals surface area contributed by atoms with Gasteiger partial charge in [0.1, 0.15) is 0 Å². The number of carbonyl (C=O) groups excluding carboxylic acids is 1. The van der Waals surface area contributed by atoms with Crippen molar-refractivity contribution in [3.8, 4) is 5.75 Å². The molecule has 1 amide bonds. The molecule has 0 bridgehead atoms. The molecule has 0 radical (unpaired) electrons. The van der Waals surface area contributed by atoms with E-state index < -0.39 is 5.60 Å². The van der Waals surface area contributed by atoms with E-state index >= 15 is 0 Å². The second-order valence-corrected chi connectivity index (χ2v) is 4.41. The summed E-state index contributed by atoms with van der Waals surface area (Å²) in [7, 11) is 0. The van der Waals surface area contributed by atoms with Gasteiger partial charge in [-0.15, -0.1) is 6.58 Å². The van der Waals surface area contributed by atoms with E-state index in [-0.39, 0.29) is 5.91 Å². The maximum atomic E-state index is 12.2. The summed E-state index contributed by atoms with van der Waals surface area (Å²) in [4.78, 5) is 17.9. The summed E-state index contributed by atoms with van der Waals surface area (Å²) in [5.41, 5.74) is 5.25. The summed E-state index contributed by atoms with van der Waals surface area (Å²) in [6.07, 6.45) is 3.16. The lowest BCUT2D eigenvalue weighted by Gasteiger charge is -2.37. The first-order valence-corrected chi connectivity index (χ1v) is 5.33. The lowest BCUT2D eigenvalue weighted by atomic mass is 10.1. The van der Waals surface area contributed by atoms with Gasteiger partial charge in [0, 0.05) is 12.6 Å². The number of carbonyl (C=O) groups is 1. The molecule has 0 spiro atoms. The van der Waals surface area contributed by atoms with Crippen LogP contribution in [0.3, 0.4) is 0 Å². The van der Waals surface area contributed by atoms with Gasteiger partial charge in [-0.05, 0) is 13.8 Å². The largest absolute Gasteiger partial charge is 0.474 e. The summed E-state index contributed by atoms with van der Waals surface area (Å²) in [5.74, 6) is 0.877. The number of fused-ring (bicyclic) bond motifs is 1. The highest BCUT2D eigenvalue weighted by molar-refractivity contribution is 6.01. The highest BCUT2D eigenvalue weighted by Gasteiger charge is 2.41. The van der Waals surface area contributed by atoms with E-state index in [2.05, 4.69) is 11.6 Å². The topological polar surface area (TPSA) is 68.5 Å². The number of nitrogen functional groups attached to an aromatic ring is 1. The number of nitrogens with zero attached hydrogens (tertiary/aromatic N) is 2. The number of amides is 1. The van der Waals surface area contributed by atoms with Crippen LogP contribution in [-0.2, 0) is 4.79 Å². The Labute approximate surface area is 99.9 Å². The molecular formula is C12H15N3O2. The Morgan fingerprint density at radius 3 is 3.00 bits per heavy atom. The minimum atomic E-state index is -0.911. The van der Waals surface area contributed by atoms with Crippen LogP contribution >= 0.6 is 0 Å². The van der Waals surface area contributed by atoms with Crippen LogP contribution in [0.1, 0.15) is 13.8 Å². The van der Waals surface area contributed by atoms with Crippen molar-refractivity contribution in [2.45, 2.75) is 19.4 Å². The van der Waals surface area contributed by atoms with Gasteiger partial charge in [-0.2, -0.15) is 0 Å². The molecule has 0 saturated heterocycles. The van der Waals surface area contributed by atoms with Gasteiger partial charge in [-0.3, -0.25) is 9.69 Å². The molecule has 1 aliphatic rings. The smallest absolute Gasteiger partial charge is 0.272 e. The number of ether oxygens (including phenoxy) is 1. The molecule has 5 heteroatoms. The Morgan fingerprint density at radius 1 is 1.65 bits per heavy atom. The number of pyridine rings is 1. The van der Waals surface area contributed by atoms with Gasteiger partial charge in [-0.25, -0.2) is 4.98 Å². The Hall–Kier alpha value is -2.04. The summed E-state index contributed by atoms with van der Waals surface area (Å²) >= 11 is 0. The summed E-state index contributed by atoms with van der Waals surface area (Å²) in [5, 5.41) is 0. The molecule has 1 aliphatic heterocycles. The van der Waals surface area contributed by atoms with Crippen molar-refractivity contribution in [1.29, 1.82) is 0 Å². The van der Waals surface area contributed by atoms with Gasteiger partial charge in [0.25, 0.3) is 5.91 Å². The van der Waals surface area contributed by atoms with E-state index in [0.717, 1.165) is 0 Å². The van der Waals surface area contributed by atoms with Crippen LogP contribution in [0.25, 0.3) is 0 Å². The third-order valence-corrected chi connectivity index (χ3v) is 2.55. The molecule has 1 aromatic heterocycles. The standard InChI is InChI=1S/C12H15N3O2/c1-4-5-15-10-9(6-8(13)7-14-10)17-12(2,3)11(15)16/h4,6-7H,1,5,13H2,2-3H3. The van der Waals surface area contributed by atoms with Crippen LogP contribution < -0.4 is 15.4 Å². The average Bonchev–Trinajstić information content (AvgIpc) is 2.24. The maximum Gasteiger partial charge on any atom is 0.272 e. The number of anilines is 2. The lowest BCUT2D eigenvalue weighted by molar-refractivity contribution is -0.132. The van der Waals surface area contributed by atoms with E-state index in [9.17, 15) is 4.79 Å². The van der Waals surface area contributed by atoms with Gasteiger partial charge in [-0.1, -0.05) is 6.08 Å². The third kappa shape index (κ3) is 1.84. The molecule has 0 aliphatic carbocycles. The normalized spacial score (nSPS) is 17.3. The summed E-state index contributed by atoms with van der Waals surface area (Å²) in [6, 6.07) is 1.67. The first kappa shape index (κ1) is 11.4. The van der Waals surface area contributed by atoms with Crippen LogP contribution in [0.5, 0.6) is 5.75 Å². The molecule has 0 aromatic carbocycles. The van der Waals surface area contributed by atoms with Gasteiger partial charge < -0.3 is 10.5 Å². The van der Waals surface area contributed by atoms with E-state index in [1.807, 2.05) is 0 Å². The minimum Gasteiger partial charge on any atom is -0.474 e. The summed E-state index contributed by atoms with van der Waals surface area (Å²) in [6.45, 7) is 7.48. The lowest BCUT2D eigenvalue weighted by Crippen LogP contribution is -2.52. The van der Waals surface area contributed by atoms with Crippen molar-refractivity contribution in [2.75, 3.05) is 17.2 Å². The third-order valence-electron chi connectivity index (χ3n) is 2.55. The molecule has 0 atom stereocenters. The molecule has 17 heavy (non-hydrogen) atoms. The Kier molecular flexibility index (Phi) is 2.53. The molecule has 2 heterocycles. The molecule has 2 N–H and O–H groups in total. The van der Waals surface area contributed by atoms with Gasteiger partial charge in [0.15, 0.2) is 17.2 Å². The zero-order valence-electron chi connectivity index (χ0n) is 9.93. The minimum absolute atomic E-state index is 0.137. The van der Waals surface area contributed by atoms with E-state index in [1.165, 1.54) is 6.20 Å². The maximum absolute atomic E-state index is 12.2. The fourth-order valence-electron chi connectivity index (χ4n) is 1.77. The molecular weight excluding hydrogens is 218 g/mol. The highest BCUT2D eigenvalue weighted by Crippen LogP contribution is 2.36. The SMILES string of the molecule is C=CCN1C(=O)C(C)(C)Oc2cc(N)cnc21. The van der Waals surface area contributed by atoms with Gasteiger partial charge >= 0.3 is 0 Å². The molecule has 90 valence electrons. The van der Waals surface area contributed by atoms with E-state index in [1.54, 1.807) is 30.9 Å². The zero-order chi connectivity index (χ0) is 12.6. The zero-order valence-corrected chi connectivity index (χ0v) is 9.93. The molecule has 5 nitrogen and oxygen atoms in total. The van der Waals surface area contributed by atoms with Crippen molar-refractivity contribution >= 4 is 17.4 Å².